The zero-order chi connectivity index (χ0) is 17.3. The van der Waals surface area contributed by atoms with Crippen LogP contribution in [0.2, 0.25) is 0 Å². The van der Waals surface area contributed by atoms with Gasteiger partial charge in [0.15, 0.2) is 0 Å². The molecule has 25 heavy (non-hydrogen) atoms. The fourth-order valence-electron chi connectivity index (χ4n) is 5.33. The van der Waals surface area contributed by atoms with E-state index in [2.05, 4.69) is 10.6 Å². The summed E-state index contributed by atoms with van der Waals surface area (Å²) in [5.41, 5.74) is 1.27. The molecule has 4 rings (SSSR count). The van der Waals surface area contributed by atoms with Crippen molar-refractivity contribution in [3.05, 3.63) is 35.9 Å². The Balaban J connectivity index is 1.36. The molecule has 5 heteroatoms. The highest BCUT2D eigenvalue weighted by Crippen LogP contribution is 2.60. The molecule has 4 atom stereocenters. The van der Waals surface area contributed by atoms with Crippen LogP contribution in [0.3, 0.4) is 0 Å². The Morgan fingerprint density at radius 2 is 2.04 bits per heavy atom. The molecule has 3 N–H and O–H groups in total. The Hall–Kier alpha value is -1.59. The zero-order valence-corrected chi connectivity index (χ0v) is 14.6. The SMILES string of the molecule is O=C(N[C@H](CO)Cc1ccccc1)N[C@@H]1[C@@H]2CCO[C@@H]2C12CCCC2. The summed E-state index contributed by atoms with van der Waals surface area (Å²) in [7, 11) is 0. The van der Waals surface area contributed by atoms with E-state index in [1.54, 1.807) is 0 Å². The standard InChI is InChI=1S/C20H28N2O3/c23-13-15(12-14-6-2-1-3-7-14)21-19(24)22-17-16-8-11-25-18(16)20(17)9-4-5-10-20/h1-3,6-7,15-18,23H,4-5,8-13H2,(H2,21,22,24)/t15-,16-,17+,18-/m0/s1. The van der Waals surface area contributed by atoms with Crippen LogP contribution in [0.4, 0.5) is 4.79 Å². The van der Waals surface area contributed by atoms with Gasteiger partial charge >= 0.3 is 6.03 Å². The molecule has 0 aromatic heterocycles. The van der Waals surface area contributed by atoms with Crippen molar-refractivity contribution in [3.63, 3.8) is 0 Å². The van der Waals surface area contributed by atoms with Crippen molar-refractivity contribution in [2.45, 2.75) is 56.7 Å². The number of aliphatic hydroxyl groups excluding tert-OH is 1. The quantitative estimate of drug-likeness (QED) is 0.767. The Morgan fingerprint density at radius 3 is 2.76 bits per heavy atom. The van der Waals surface area contributed by atoms with Gasteiger partial charge in [0.1, 0.15) is 0 Å². The van der Waals surface area contributed by atoms with Crippen LogP contribution < -0.4 is 10.6 Å². The molecule has 3 aliphatic rings. The number of benzene rings is 1. The summed E-state index contributed by atoms with van der Waals surface area (Å²) < 4.78 is 5.97. The van der Waals surface area contributed by atoms with Gasteiger partial charge in [-0.3, -0.25) is 0 Å². The van der Waals surface area contributed by atoms with Gasteiger partial charge < -0.3 is 20.5 Å². The third-order valence-electron chi connectivity index (χ3n) is 6.45. The molecule has 1 spiro atoms. The van der Waals surface area contributed by atoms with Crippen molar-refractivity contribution >= 4 is 6.03 Å². The van der Waals surface area contributed by atoms with Crippen molar-refractivity contribution in [2.24, 2.45) is 11.3 Å². The van der Waals surface area contributed by atoms with Gasteiger partial charge in [0.2, 0.25) is 0 Å². The summed E-state index contributed by atoms with van der Waals surface area (Å²) in [6.45, 7) is 0.761. The minimum Gasteiger partial charge on any atom is -0.394 e. The number of fused-ring (bicyclic) bond motifs is 2. The van der Waals surface area contributed by atoms with Gasteiger partial charge in [-0.25, -0.2) is 4.79 Å². The first-order valence-corrected chi connectivity index (χ1v) is 9.56. The maximum absolute atomic E-state index is 12.6. The first-order chi connectivity index (χ1) is 12.2. The van der Waals surface area contributed by atoms with Crippen LogP contribution in [0, 0.1) is 11.3 Å². The monoisotopic (exact) mass is 344 g/mol. The third kappa shape index (κ3) is 3.04. The molecular weight excluding hydrogens is 316 g/mol. The number of aliphatic hydroxyl groups is 1. The van der Waals surface area contributed by atoms with E-state index >= 15 is 0 Å². The Labute approximate surface area is 149 Å². The number of carbonyl (C=O) groups excluding carboxylic acids is 1. The average molecular weight is 344 g/mol. The number of nitrogens with one attached hydrogen (secondary N) is 2. The smallest absolute Gasteiger partial charge is 0.315 e. The van der Waals surface area contributed by atoms with E-state index in [1.165, 1.54) is 12.8 Å². The number of urea groups is 1. The number of hydrogen-bond donors (Lipinski definition) is 3. The molecule has 1 aliphatic heterocycles. The first-order valence-electron chi connectivity index (χ1n) is 9.56. The average Bonchev–Trinajstić information content (AvgIpc) is 3.29. The number of hydrogen-bond acceptors (Lipinski definition) is 3. The fraction of sp³-hybridized carbons (Fsp3) is 0.650. The van der Waals surface area contributed by atoms with E-state index in [1.807, 2.05) is 30.3 Å². The van der Waals surface area contributed by atoms with Crippen LogP contribution in [0.15, 0.2) is 30.3 Å². The maximum Gasteiger partial charge on any atom is 0.315 e. The van der Waals surface area contributed by atoms with Crippen LogP contribution in [0.5, 0.6) is 0 Å². The molecule has 2 saturated carbocycles. The van der Waals surface area contributed by atoms with E-state index in [9.17, 15) is 9.90 Å². The highest BCUT2D eigenvalue weighted by molar-refractivity contribution is 5.75. The lowest BCUT2D eigenvalue weighted by atomic mass is 9.54. The van der Waals surface area contributed by atoms with Crippen molar-refractivity contribution < 1.29 is 14.6 Å². The highest BCUT2D eigenvalue weighted by Gasteiger charge is 2.65. The second-order valence-electron chi connectivity index (χ2n) is 7.85. The minimum absolute atomic E-state index is 0.0622. The lowest BCUT2D eigenvalue weighted by Gasteiger charge is -2.56. The van der Waals surface area contributed by atoms with Gasteiger partial charge in [-0.05, 0) is 31.2 Å². The lowest BCUT2D eigenvalue weighted by Crippen LogP contribution is -2.69. The fourth-order valence-corrected chi connectivity index (χ4v) is 5.33. The second kappa shape index (κ2) is 6.96. The van der Waals surface area contributed by atoms with Gasteiger partial charge in [-0.1, -0.05) is 43.2 Å². The summed E-state index contributed by atoms with van der Waals surface area (Å²) in [6, 6.07) is 9.75. The predicted molar refractivity (Wildman–Crippen MR) is 95.2 cm³/mol. The summed E-state index contributed by atoms with van der Waals surface area (Å²) in [5, 5.41) is 15.8. The van der Waals surface area contributed by atoms with Gasteiger partial charge in [0, 0.05) is 24.0 Å². The molecule has 2 aliphatic carbocycles. The van der Waals surface area contributed by atoms with Gasteiger partial charge in [-0.2, -0.15) is 0 Å². The van der Waals surface area contributed by atoms with E-state index < -0.39 is 0 Å². The van der Waals surface area contributed by atoms with Crippen molar-refractivity contribution in [1.29, 1.82) is 0 Å². The maximum atomic E-state index is 12.6. The first kappa shape index (κ1) is 16.9. The van der Waals surface area contributed by atoms with E-state index in [0.717, 1.165) is 31.4 Å². The topological polar surface area (TPSA) is 70.6 Å². The Bertz CT molecular complexity index is 600. The van der Waals surface area contributed by atoms with Crippen LogP contribution >= 0.6 is 0 Å². The predicted octanol–water partition coefficient (Wildman–Crippen LogP) is 2.24. The van der Waals surface area contributed by atoms with Gasteiger partial charge in [0.25, 0.3) is 0 Å². The van der Waals surface area contributed by atoms with Crippen LogP contribution in [-0.2, 0) is 11.2 Å². The Kier molecular flexibility index (Phi) is 4.69. The normalized spacial score (nSPS) is 30.5. The van der Waals surface area contributed by atoms with Crippen LogP contribution in [0.1, 0.15) is 37.7 Å². The molecule has 136 valence electrons. The van der Waals surface area contributed by atoms with Crippen LogP contribution in [-0.4, -0.2) is 42.5 Å². The van der Waals surface area contributed by atoms with Gasteiger partial charge in [-0.15, -0.1) is 0 Å². The summed E-state index contributed by atoms with van der Waals surface area (Å²) >= 11 is 0. The molecule has 3 fully saturated rings. The molecule has 1 aromatic carbocycles. The molecule has 2 amide bonds. The van der Waals surface area contributed by atoms with Crippen molar-refractivity contribution in [3.8, 4) is 0 Å². The second-order valence-corrected chi connectivity index (χ2v) is 7.85. The molecule has 1 aromatic rings. The molecule has 5 nitrogen and oxygen atoms in total. The molecular formula is C20H28N2O3. The molecule has 0 bridgehead atoms. The summed E-state index contributed by atoms with van der Waals surface area (Å²) in [4.78, 5) is 12.6. The van der Waals surface area contributed by atoms with Crippen molar-refractivity contribution in [1.82, 2.24) is 10.6 Å². The number of carbonyl (C=O) groups is 1. The number of ether oxygens (including phenoxy) is 1. The largest absolute Gasteiger partial charge is 0.394 e. The number of amides is 2. The summed E-state index contributed by atoms with van der Waals surface area (Å²) in [6.07, 6.45) is 6.82. The Morgan fingerprint density at radius 1 is 1.28 bits per heavy atom. The zero-order valence-electron chi connectivity index (χ0n) is 14.6. The molecule has 0 unspecified atom stereocenters. The third-order valence-corrected chi connectivity index (χ3v) is 6.45. The highest BCUT2D eigenvalue weighted by atomic mass is 16.5. The lowest BCUT2D eigenvalue weighted by molar-refractivity contribution is -0.126. The number of rotatable bonds is 5. The van der Waals surface area contributed by atoms with E-state index in [0.29, 0.717) is 18.4 Å². The van der Waals surface area contributed by atoms with Gasteiger partial charge in [0.05, 0.1) is 18.8 Å². The van der Waals surface area contributed by atoms with E-state index in [4.69, 9.17) is 4.74 Å². The van der Waals surface area contributed by atoms with Crippen LogP contribution in [0.25, 0.3) is 0 Å². The summed E-state index contributed by atoms with van der Waals surface area (Å²) in [5.74, 6) is 0.463. The van der Waals surface area contributed by atoms with E-state index in [-0.39, 0.29) is 30.1 Å². The molecule has 1 saturated heterocycles. The molecule has 0 radical (unpaired) electrons. The molecule has 1 heterocycles. The van der Waals surface area contributed by atoms with Crippen molar-refractivity contribution in [2.75, 3.05) is 13.2 Å². The minimum atomic E-state index is -0.266.